The molecule has 1 aliphatic heterocycles. The summed E-state index contributed by atoms with van der Waals surface area (Å²) >= 11 is 0. The van der Waals surface area contributed by atoms with Crippen LogP contribution in [0.15, 0.2) is 95.3 Å². The number of likely N-dealkylation sites (N-methyl/N-ethyl adjacent to an activating group) is 1. The highest BCUT2D eigenvalue weighted by atomic mass is 15.1. The maximum atomic E-state index is 4.27. The molecule has 1 heterocycles. The zero-order valence-electron chi connectivity index (χ0n) is 25.0. The van der Waals surface area contributed by atoms with E-state index >= 15 is 0 Å². The molecule has 192 valence electrons. The molecule has 0 saturated heterocycles. The van der Waals surface area contributed by atoms with Crippen molar-refractivity contribution in [3.8, 4) is 0 Å². The molecule has 0 bridgehead atoms. The van der Waals surface area contributed by atoms with E-state index in [1.807, 2.05) is 33.8 Å². The normalized spacial score (nSPS) is 20.0. The Morgan fingerprint density at radius 3 is 1.86 bits per heavy atom. The summed E-state index contributed by atoms with van der Waals surface area (Å²) in [5.74, 6) is 0. The summed E-state index contributed by atoms with van der Waals surface area (Å²) in [6, 6.07) is 8.81. The van der Waals surface area contributed by atoms with Crippen LogP contribution in [0.25, 0.3) is 0 Å². The molecule has 1 nitrogen and oxygen atoms in total. The van der Waals surface area contributed by atoms with E-state index in [2.05, 4.69) is 123 Å². The lowest BCUT2D eigenvalue weighted by Crippen LogP contribution is -2.38. The van der Waals surface area contributed by atoms with E-state index in [9.17, 15) is 0 Å². The molecule has 1 aromatic carbocycles. The van der Waals surface area contributed by atoms with Crippen LogP contribution in [0.2, 0.25) is 0 Å². The minimum absolute atomic E-state index is 0.0530. The van der Waals surface area contributed by atoms with Crippen molar-refractivity contribution >= 4 is 5.69 Å². The van der Waals surface area contributed by atoms with Crippen molar-refractivity contribution in [2.24, 2.45) is 10.8 Å². The fraction of sp³-hybridized carbons (Fsp3) is 0.471. The van der Waals surface area contributed by atoms with Crippen LogP contribution < -0.4 is 4.90 Å². The average molecular weight is 474 g/mol. The second-order valence-corrected chi connectivity index (χ2v) is 10.4. The van der Waals surface area contributed by atoms with Crippen molar-refractivity contribution < 1.29 is 0 Å². The van der Waals surface area contributed by atoms with Gasteiger partial charge in [-0.25, -0.2) is 0 Å². The highest BCUT2D eigenvalue weighted by molar-refractivity contribution is 5.74. The molecule has 0 atom stereocenters. The monoisotopic (exact) mass is 473 g/mol. The Kier molecular flexibility index (Phi) is 9.99. The zero-order chi connectivity index (χ0) is 27.4. The van der Waals surface area contributed by atoms with Gasteiger partial charge >= 0.3 is 0 Å². The van der Waals surface area contributed by atoms with E-state index in [1.165, 1.54) is 44.8 Å². The molecule has 0 amide bonds. The van der Waals surface area contributed by atoms with Crippen LogP contribution in [-0.4, -0.2) is 7.05 Å². The van der Waals surface area contributed by atoms with Gasteiger partial charge < -0.3 is 4.90 Å². The van der Waals surface area contributed by atoms with E-state index in [-0.39, 0.29) is 16.2 Å². The van der Waals surface area contributed by atoms with E-state index < -0.39 is 0 Å². The Bertz CT molecular complexity index is 1060. The Hall–Kier alpha value is -2.54. The number of hydrogen-bond acceptors (Lipinski definition) is 1. The minimum atomic E-state index is -0.149. The molecule has 0 N–H and O–H groups in total. The minimum Gasteiger partial charge on any atom is -0.344 e. The maximum Gasteiger partial charge on any atom is 0.0446 e. The molecule has 35 heavy (non-hydrogen) atoms. The van der Waals surface area contributed by atoms with Crippen LogP contribution in [0.5, 0.6) is 0 Å². The van der Waals surface area contributed by atoms with Gasteiger partial charge in [0.1, 0.15) is 0 Å². The van der Waals surface area contributed by atoms with Crippen molar-refractivity contribution in [1.82, 2.24) is 0 Å². The largest absolute Gasteiger partial charge is 0.344 e. The number of rotatable bonds is 4. The first-order valence-electron chi connectivity index (χ1n) is 13.3. The van der Waals surface area contributed by atoms with Crippen LogP contribution in [0.1, 0.15) is 88.6 Å². The molecule has 0 aromatic heterocycles. The predicted octanol–water partition coefficient (Wildman–Crippen LogP) is 10.3. The molecule has 1 heteroatoms. The Balaban J connectivity index is 0.00000145. The first-order valence-corrected chi connectivity index (χ1v) is 13.3. The summed E-state index contributed by atoms with van der Waals surface area (Å²) in [7, 11) is 2.17. The molecule has 1 aliphatic carbocycles. The van der Waals surface area contributed by atoms with Crippen molar-refractivity contribution in [1.29, 1.82) is 0 Å². The number of allylic oxidation sites excluding steroid dienone is 9. The lowest BCUT2D eigenvalue weighted by atomic mass is 9.58. The molecular formula is C34H51N. The van der Waals surface area contributed by atoms with Gasteiger partial charge in [0.05, 0.1) is 0 Å². The molecule has 0 unspecified atom stereocenters. The smallest absolute Gasteiger partial charge is 0.0446 e. The summed E-state index contributed by atoms with van der Waals surface area (Å²) in [6.45, 7) is 35.1. The topological polar surface area (TPSA) is 3.24 Å². The molecule has 2 aliphatic rings. The van der Waals surface area contributed by atoms with Gasteiger partial charge in [-0.05, 0) is 53.8 Å². The van der Waals surface area contributed by atoms with Gasteiger partial charge in [-0.15, -0.1) is 0 Å². The fourth-order valence-corrected chi connectivity index (χ4v) is 5.43. The van der Waals surface area contributed by atoms with Crippen LogP contribution in [0.4, 0.5) is 5.69 Å². The fourth-order valence-electron chi connectivity index (χ4n) is 5.43. The number of hydrogen-bond donors (Lipinski definition) is 0. The van der Waals surface area contributed by atoms with E-state index in [0.29, 0.717) is 0 Å². The molecule has 1 aromatic rings. The quantitative estimate of drug-likeness (QED) is 0.420. The highest BCUT2D eigenvalue weighted by Gasteiger charge is 2.49. The molecule has 0 radical (unpaired) electrons. The molecule has 0 saturated carbocycles. The highest BCUT2D eigenvalue weighted by Crippen LogP contribution is 2.59. The first-order chi connectivity index (χ1) is 16.4. The van der Waals surface area contributed by atoms with Crippen molar-refractivity contribution in [3.63, 3.8) is 0 Å². The lowest BCUT2D eigenvalue weighted by Gasteiger charge is -2.44. The second-order valence-electron chi connectivity index (χ2n) is 10.4. The molecular weight excluding hydrogens is 422 g/mol. The molecule has 0 spiro atoms. The number of nitrogens with zero attached hydrogens (tertiary/aromatic N) is 1. The Morgan fingerprint density at radius 1 is 0.829 bits per heavy atom. The first kappa shape index (κ1) is 30.5. The maximum absolute atomic E-state index is 4.27. The van der Waals surface area contributed by atoms with Crippen LogP contribution >= 0.6 is 0 Å². The second kappa shape index (κ2) is 11.5. The van der Waals surface area contributed by atoms with Crippen LogP contribution in [-0.2, 0) is 5.41 Å². The van der Waals surface area contributed by atoms with E-state index in [1.54, 1.807) is 0 Å². The number of para-hydroxylation sites is 1. The zero-order valence-corrected chi connectivity index (χ0v) is 25.0. The molecule has 0 fully saturated rings. The summed E-state index contributed by atoms with van der Waals surface area (Å²) in [5, 5.41) is 0. The summed E-state index contributed by atoms with van der Waals surface area (Å²) in [5.41, 5.74) is 10.2. The number of benzene rings is 1. The van der Waals surface area contributed by atoms with Crippen molar-refractivity contribution in [2.45, 2.75) is 88.5 Å². The third-order valence-corrected chi connectivity index (χ3v) is 8.27. The van der Waals surface area contributed by atoms with Gasteiger partial charge in [-0.2, -0.15) is 0 Å². The third-order valence-electron chi connectivity index (χ3n) is 8.27. The predicted molar refractivity (Wildman–Crippen MR) is 160 cm³/mol. The van der Waals surface area contributed by atoms with Gasteiger partial charge in [-0.1, -0.05) is 124 Å². The summed E-state index contributed by atoms with van der Waals surface area (Å²) in [4.78, 5) is 2.33. The van der Waals surface area contributed by atoms with Crippen LogP contribution in [0, 0.1) is 10.8 Å². The standard InChI is InChI=1S/C30H39N.2C2H6/c1-12-17-22-21(13-2)26(20(4)28(22,5)6)27-24(14-3)31(11)25-19-16-15-18-23(25)29(7,8)30(27,9)10;2*1-2/h12-19H,2-3H2,1,4-11H3;2*1-2H3/b17-12-;;. The summed E-state index contributed by atoms with van der Waals surface area (Å²) < 4.78 is 0. The van der Waals surface area contributed by atoms with E-state index in [4.69, 9.17) is 0 Å². The van der Waals surface area contributed by atoms with Gasteiger partial charge in [0.15, 0.2) is 0 Å². The average Bonchev–Trinajstić information content (AvgIpc) is 3.01. The van der Waals surface area contributed by atoms with Gasteiger partial charge in [0.2, 0.25) is 0 Å². The van der Waals surface area contributed by atoms with Gasteiger partial charge in [0.25, 0.3) is 0 Å². The Labute approximate surface area is 217 Å². The van der Waals surface area contributed by atoms with Gasteiger partial charge in [0, 0.05) is 34.7 Å². The Morgan fingerprint density at radius 2 is 1.37 bits per heavy atom. The number of anilines is 1. The lowest BCUT2D eigenvalue weighted by molar-refractivity contribution is 0.254. The third kappa shape index (κ3) is 4.67. The van der Waals surface area contributed by atoms with Crippen LogP contribution in [0.3, 0.4) is 0 Å². The van der Waals surface area contributed by atoms with Crippen molar-refractivity contribution in [2.75, 3.05) is 11.9 Å². The molecule has 3 rings (SSSR count). The van der Waals surface area contributed by atoms with E-state index in [0.717, 1.165) is 0 Å². The van der Waals surface area contributed by atoms with Crippen molar-refractivity contribution in [3.05, 3.63) is 101 Å². The van der Waals surface area contributed by atoms with Gasteiger partial charge in [-0.3, -0.25) is 0 Å². The SMILES string of the molecule is C=CC1=C(/C=C\C)C(C)(C)C(C)=C1C1=C(C=C)N(C)c2ccccc2C(C)(C)C1(C)C.CC.CC. The summed E-state index contributed by atoms with van der Waals surface area (Å²) in [6.07, 6.45) is 8.49. The number of fused-ring (bicyclic) bond motifs is 1.